The van der Waals surface area contributed by atoms with Crippen molar-refractivity contribution in [2.75, 3.05) is 23.3 Å². The van der Waals surface area contributed by atoms with E-state index in [0.29, 0.717) is 11.5 Å². The summed E-state index contributed by atoms with van der Waals surface area (Å²) in [6.07, 6.45) is 2.34. The minimum atomic E-state index is -0.207. The number of halogens is 1. The fourth-order valence-corrected chi connectivity index (χ4v) is 3.21. The summed E-state index contributed by atoms with van der Waals surface area (Å²) >= 11 is 3.43. The normalized spacial score (nSPS) is 14.1. The Kier molecular flexibility index (Phi) is 4.61. The lowest BCUT2D eigenvalue weighted by Gasteiger charge is -2.17. The van der Waals surface area contributed by atoms with E-state index in [1.165, 1.54) is 12.8 Å². The van der Waals surface area contributed by atoms with Crippen LogP contribution in [0.25, 0.3) is 0 Å². The Hall–Kier alpha value is -1.95. The molecule has 1 N–H and O–H groups in total. The van der Waals surface area contributed by atoms with Crippen LogP contribution in [0.4, 0.5) is 11.5 Å². The summed E-state index contributed by atoms with van der Waals surface area (Å²) in [7, 11) is 0. The third kappa shape index (κ3) is 3.69. The van der Waals surface area contributed by atoms with Crippen molar-refractivity contribution in [3.63, 3.8) is 0 Å². The van der Waals surface area contributed by atoms with Crippen molar-refractivity contribution in [2.45, 2.75) is 26.7 Å². The van der Waals surface area contributed by atoms with Gasteiger partial charge in [-0.15, -0.1) is 0 Å². The largest absolute Gasteiger partial charge is 0.356 e. The minimum absolute atomic E-state index is 0.207. The maximum atomic E-state index is 12.5. The molecule has 1 aliphatic heterocycles. The summed E-state index contributed by atoms with van der Waals surface area (Å²) in [5.41, 5.74) is 2.19. The predicted molar refractivity (Wildman–Crippen MR) is 95.0 cm³/mol. The van der Waals surface area contributed by atoms with Crippen LogP contribution in [0.15, 0.2) is 28.7 Å². The van der Waals surface area contributed by atoms with E-state index in [0.717, 1.165) is 34.6 Å². The second-order valence-corrected chi connectivity index (χ2v) is 6.68. The highest BCUT2D eigenvalue weighted by atomic mass is 79.9. The molecule has 2 heterocycles. The van der Waals surface area contributed by atoms with Gasteiger partial charge in [-0.25, -0.2) is 9.97 Å². The summed E-state index contributed by atoms with van der Waals surface area (Å²) in [6.45, 7) is 5.76. The molecule has 5 nitrogen and oxygen atoms in total. The van der Waals surface area contributed by atoms with Crippen LogP contribution in [0.5, 0.6) is 0 Å². The van der Waals surface area contributed by atoms with Crippen molar-refractivity contribution in [3.05, 3.63) is 45.8 Å². The molecule has 2 aromatic rings. The number of aromatic nitrogens is 2. The van der Waals surface area contributed by atoms with E-state index in [4.69, 9.17) is 0 Å². The molecule has 0 bridgehead atoms. The number of rotatable bonds is 3. The molecule has 0 aliphatic carbocycles. The van der Waals surface area contributed by atoms with Gasteiger partial charge in [-0.05, 0) is 50.5 Å². The fourth-order valence-electron chi connectivity index (χ4n) is 2.73. The molecule has 1 fully saturated rings. The van der Waals surface area contributed by atoms with Crippen LogP contribution >= 0.6 is 15.9 Å². The molecule has 0 unspecified atom stereocenters. The van der Waals surface area contributed by atoms with Gasteiger partial charge in [0.05, 0.1) is 0 Å². The van der Waals surface area contributed by atoms with Crippen LogP contribution in [0, 0.1) is 13.8 Å². The van der Waals surface area contributed by atoms with Crippen LogP contribution in [0.2, 0.25) is 0 Å². The predicted octanol–water partition coefficient (Wildman–Crippen LogP) is 3.71. The molecule has 1 aromatic heterocycles. The second kappa shape index (κ2) is 6.66. The van der Waals surface area contributed by atoms with Crippen LogP contribution in [0.3, 0.4) is 0 Å². The van der Waals surface area contributed by atoms with Gasteiger partial charge >= 0.3 is 0 Å². The lowest BCUT2D eigenvalue weighted by Crippen LogP contribution is -2.22. The van der Waals surface area contributed by atoms with Crippen molar-refractivity contribution < 1.29 is 4.79 Å². The summed E-state index contributed by atoms with van der Waals surface area (Å²) in [5.74, 6) is 1.25. The number of anilines is 2. The standard InChI is InChI=1S/C17H19BrN4O/c1-11-9-13(18)5-6-14(11)21-17(23)15-10-16(20-12(2)19-15)22-7-3-4-8-22/h5-6,9-10H,3-4,7-8H2,1-2H3,(H,21,23). The third-order valence-electron chi connectivity index (χ3n) is 3.92. The maximum absolute atomic E-state index is 12.5. The summed E-state index contributed by atoms with van der Waals surface area (Å²) in [6, 6.07) is 7.54. The molecule has 120 valence electrons. The van der Waals surface area contributed by atoms with Crippen molar-refractivity contribution >= 4 is 33.3 Å². The van der Waals surface area contributed by atoms with Crippen molar-refractivity contribution in [1.82, 2.24) is 9.97 Å². The second-order valence-electron chi connectivity index (χ2n) is 5.77. The maximum Gasteiger partial charge on any atom is 0.274 e. The highest BCUT2D eigenvalue weighted by Crippen LogP contribution is 2.22. The first-order valence-corrected chi connectivity index (χ1v) is 8.50. The first-order valence-electron chi connectivity index (χ1n) is 7.71. The fraction of sp³-hybridized carbons (Fsp3) is 0.353. The Morgan fingerprint density at radius 3 is 2.61 bits per heavy atom. The van der Waals surface area contributed by atoms with Gasteiger partial charge in [0.2, 0.25) is 0 Å². The van der Waals surface area contributed by atoms with E-state index in [9.17, 15) is 4.79 Å². The zero-order valence-electron chi connectivity index (χ0n) is 13.3. The van der Waals surface area contributed by atoms with E-state index >= 15 is 0 Å². The van der Waals surface area contributed by atoms with Gasteiger partial charge in [-0.2, -0.15) is 0 Å². The number of benzene rings is 1. The van der Waals surface area contributed by atoms with E-state index in [1.807, 2.05) is 32.0 Å². The molecule has 23 heavy (non-hydrogen) atoms. The summed E-state index contributed by atoms with van der Waals surface area (Å²) in [5, 5.41) is 2.93. The highest BCUT2D eigenvalue weighted by molar-refractivity contribution is 9.10. The number of carbonyl (C=O) groups is 1. The Bertz CT molecular complexity index is 741. The number of nitrogens with zero attached hydrogens (tertiary/aromatic N) is 3. The molecule has 3 rings (SSSR count). The van der Waals surface area contributed by atoms with Gasteiger partial charge in [0.1, 0.15) is 17.3 Å². The van der Waals surface area contributed by atoms with E-state index in [1.54, 1.807) is 6.07 Å². The topological polar surface area (TPSA) is 58.1 Å². The van der Waals surface area contributed by atoms with E-state index in [-0.39, 0.29) is 5.91 Å². The zero-order chi connectivity index (χ0) is 16.4. The van der Waals surface area contributed by atoms with E-state index in [2.05, 4.69) is 36.1 Å². The van der Waals surface area contributed by atoms with Crippen LogP contribution in [-0.2, 0) is 0 Å². The van der Waals surface area contributed by atoms with Crippen LogP contribution in [-0.4, -0.2) is 29.0 Å². The van der Waals surface area contributed by atoms with Gasteiger partial charge in [0, 0.05) is 29.3 Å². The molecule has 6 heteroatoms. The molecule has 1 saturated heterocycles. The molecule has 0 saturated carbocycles. The first kappa shape index (κ1) is 15.9. The van der Waals surface area contributed by atoms with Crippen molar-refractivity contribution in [1.29, 1.82) is 0 Å². The SMILES string of the molecule is Cc1nc(C(=O)Nc2ccc(Br)cc2C)cc(N2CCCC2)n1. The average molecular weight is 375 g/mol. The Labute approximate surface area is 144 Å². The highest BCUT2D eigenvalue weighted by Gasteiger charge is 2.18. The monoisotopic (exact) mass is 374 g/mol. The molecule has 0 atom stereocenters. The van der Waals surface area contributed by atoms with E-state index < -0.39 is 0 Å². The zero-order valence-corrected chi connectivity index (χ0v) is 14.9. The molecule has 1 aliphatic rings. The molecule has 0 spiro atoms. The third-order valence-corrected chi connectivity index (χ3v) is 4.42. The van der Waals surface area contributed by atoms with Gasteiger partial charge < -0.3 is 10.2 Å². The van der Waals surface area contributed by atoms with Crippen LogP contribution in [0.1, 0.15) is 34.7 Å². The quantitative estimate of drug-likeness (QED) is 0.889. The first-order chi connectivity index (χ1) is 11.0. The molecular formula is C17H19BrN4O. The number of carbonyl (C=O) groups excluding carboxylic acids is 1. The lowest BCUT2D eigenvalue weighted by atomic mass is 10.2. The smallest absolute Gasteiger partial charge is 0.274 e. The Morgan fingerprint density at radius 2 is 1.91 bits per heavy atom. The van der Waals surface area contributed by atoms with Crippen LogP contribution < -0.4 is 10.2 Å². The molecule has 1 amide bonds. The summed E-state index contributed by atoms with van der Waals surface area (Å²) < 4.78 is 0.988. The van der Waals surface area contributed by atoms with Gasteiger partial charge in [-0.3, -0.25) is 4.79 Å². The number of nitrogens with one attached hydrogen (secondary N) is 1. The van der Waals surface area contributed by atoms with Gasteiger partial charge in [-0.1, -0.05) is 15.9 Å². The minimum Gasteiger partial charge on any atom is -0.356 e. The van der Waals surface area contributed by atoms with Crippen molar-refractivity contribution in [3.8, 4) is 0 Å². The lowest BCUT2D eigenvalue weighted by molar-refractivity contribution is 0.102. The average Bonchev–Trinajstić information content (AvgIpc) is 3.04. The number of aryl methyl sites for hydroxylation is 2. The number of hydrogen-bond donors (Lipinski definition) is 1. The van der Waals surface area contributed by atoms with Gasteiger partial charge in [0.25, 0.3) is 5.91 Å². The molecular weight excluding hydrogens is 356 g/mol. The van der Waals surface area contributed by atoms with Gasteiger partial charge in [0.15, 0.2) is 0 Å². The molecule has 0 radical (unpaired) electrons. The Morgan fingerprint density at radius 1 is 1.17 bits per heavy atom. The molecule has 1 aromatic carbocycles. The number of amides is 1. The number of hydrogen-bond acceptors (Lipinski definition) is 4. The van der Waals surface area contributed by atoms with Crippen molar-refractivity contribution in [2.24, 2.45) is 0 Å². The summed E-state index contributed by atoms with van der Waals surface area (Å²) in [4.78, 5) is 23.5. The Balaban J connectivity index is 1.84.